The zero-order valence-corrected chi connectivity index (χ0v) is 5.62. The van der Waals surface area contributed by atoms with Crippen LogP contribution in [0.15, 0.2) is 12.1 Å². The fourth-order valence-corrected chi connectivity index (χ4v) is 0.710. The van der Waals surface area contributed by atoms with Crippen molar-refractivity contribution in [3.63, 3.8) is 0 Å². The summed E-state index contributed by atoms with van der Waals surface area (Å²) in [4.78, 5) is 0. The molecule has 0 heterocycles. The maximum Gasteiger partial charge on any atom is 0.149 e. The minimum absolute atomic E-state index is 0.147. The molecule has 10 heavy (non-hydrogen) atoms. The highest BCUT2D eigenvalue weighted by Gasteiger charge is 2.04. The van der Waals surface area contributed by atoms with Crippen molar-refractivity contribution in [2.24, 2.45) is 0 Å². The zero-order valence-electron chi connectivity index (χ0n) is 4.87. The number of halogens is 3. The van der Waals surface area contributed by atoms with Crippen molar-refractivity contribution < 1.29 is 8.78 Å². The van der Waals surface area contributed by atoms with Gasteiger partial charge < -0.3 is 5.73 Å². The Balaban J connectivity index is 3.28. The van der Waals surface area contributed by atoms with E-state index in [9.17, 15) is 8.78 Å². The lowest BCUT2D eigenvalue weighted by molar-refractivity contribution is 0.586. The van der Waals surface area contributed by atoms with Gasteiger partial charge in [-0.3, -0.25) is 0 Å². The molecule has 0 atom stereocenters. The van der Waals surface area contributed by atoms with Gasteiger partial charge >= 0.3 is 0 Å². The summed E-state index contributed by atoms with van der Waals surface area (Å²) in [6.07, 6.45) is 0. The number of hydrogen-bond acceptors (Lipinski definition) is 1. The molecule has 54 valence electrons. The summed E-state index contributed by atoms with van der Waals surface area (Å²) in [7, 11) is 0. The van der Waals surface area contributed by atoms with Crippen LogP contribution in [-0.2, 0) is 0 Å². The first-order valence-electron chi connectivity index (χ1n) is 2.51. The van der Waals surface area contributed by atoms with E-state index >= 15 is 0 Å². The van der Waals surface area contributed by atoms with Gasteiger partial charge in [-0.2, -0.15) is 0 Å². The van der Waals surface area contributed by atoms with E-state index in [1.54, 1.807) is 0 Å². The number of nitrogens with two attached hydrogens (primary N) is 1. The predicted octanol–water partition coefficient (Wildman–Crippen LogP) is 2.20. The summed E-state index contributed by atoms with van der Waals surface area (Å²) in [6.45, 7) is 0. The molecule has 0 aliphatic heterocycles. The van der Waals surface area contributed by atoms with Crippen molar-refractivity contribution in [2.45, 2.75) is 0 Å². The highest BCUT2D eigenvalue weighted by atomic mass is 35.5. The minimum atomic E-state index is -0.798. The molecule has 0 saturated carbocycles. The van der Waals surface area contributed by atoms with Gasteiger partial charge in [0.2, 0.25) is 0 Å². The van der Waals surface area contributed by atoms with Crippen LogP contribution in [0, 0.1) is 11.6 Å². The van der Waals surface area contributed by atoms with Crippen LogP contribution >= 0.6 is 11.6 Å². The number of hydrogen-bond donors (Lipinski definition) is 1. The molecule has 0 saturated heterocycles. The molecule has 1 aromatic carbocycles. The Morgan fingerprint density at radius 2 is 1.80 bits per heavy atom. The topological polar surface area (TPSA) is 26.0 Å². The lowest BCUT2D eigenvalue weighted by Crippen LogP contribution is -1.91. The van der Waals surface area contributed by atoms with Gasteiger partial charge in [-0.25, -0.2) is 8.78 Å². The molecule has 1 rings (SSSR count). The Hall–Kier alpha value is -0.830. The summed E-state index contributed by atoms with van der Waals surface area (Å²) in [5.41, 5.74) is 4.92. The fraction of sp³-hybridized carbons (Fsp3) is 0. The normalized spacial score (nSPS) is 9.90. The first kappa shape index (κ1) is 7.28. The van der Waals surface area contributed by atoms with Gasteiger partial charge in [0, 0.05) is 6.07 Å². The van der Waals surface area contributed by atoms with Crippen LogP contribution in [0.4, 0.5) is 14.5 Å². The summed E-state index contributed by atoms with van der Waals surface area (Å²) >= 11 is 5.26. The van der Waals surface area contributed by atoms with Gasteiger partial charge in [0.15, 0.2) is 0 Å². The number of benzene rings is 1. The summed E-state index contributed by atoms with van der Waals surface area (Å²) in [5, 5.41) is -0.168. The van der Waals surface area contributed by atoms with E-state index in [0.29, 0.717) is 6.07 Å². The molecule has 0 radical (unpaired) electrons. The number of nitrogen functional groups attached to an aromatic ring is 1. The molecular formula is C6H4ClF2N. The molecular weight excluding hydrogens is 160 g/mol. The van der Waals surface area contributed by atoms with Gasteiger partial charge in [-0.05, 0) is 6.07 Å². The van der Waals surface area contributed by atoms with Crippen molar-refractivity contribution in [3.8, 4) is 0 Å². The monoisotopic (exact) mass is 163 g/mol. The maximum absolute atomic E-state index is 12.3. The van der Waals surface area contributed by atoms with Gasteiger partial charge in [0.25, 0.3) is 0 Å². The Bertz CT molecular complexity index is 212. The maximum atomic E-state index is 12.3. The number of anilines is 1. The van der Waals surface area contributed by atoms with E-state index in [4.69, 9.17) is 17.3 Å². The second-order valence-corrected chi connectivity index (χ2v) is 2.20. The highest BCUT2D eigenvalue weighted by molar-refractivity contribution is 6.31. The molecule has 0 aliphatic carbocycles. The van der Waals surface area contributed by atoms with Crippen LogP contribution in [-0.4, -0.2) is 0 Å². The van der Waals surface area contributed by atoms with Crippen molar-refractivity contribution in [1.82, 2.24) is 0 Å². The molecule has 0 fully saturated rings. The Labute approximate surface area is 61.4 Å². The largest absolute Gasteiger partial charge is 0.396 e. The third-order valence-electron chi connectivity index (χ3n) is 1.04. The van der Waals surface area contributed by atoms with Gasteiger partial charge in [0.1, 0.15) is 11.6 Å². The molecule has 0 amide bonds. The molecule has 0 aliphatic rings. The molecule has 0 aromatic heterocycles. The second-order valence-electron chi connectivity index (χ2n) is 1.79. The van der Waals surface area contributed by atoms with Crippen molar-refractivity contribution in [1.29, 1.82) is 0 Å². The van der Waals surface area contributed by atoms with Crippen LogP contribution in [0.5, 0.6) is 0 Å². The second kappa shape index (κ2) is 2.42. The van der Waals surface area contributed by atoms with E-state index < -0.39 is 11.6 Å². The first-order chi connectivity index (χ1) is 4.61. The van der Waals surface area contributed by atoms with Crippen molar-refractivity contribution >= 4 is 17.3 Å². The van der Waals surface area contributed by atoms with Crippen molar-refractivity contribution in [2.75, 3.05) is 5.73 Å². The minimum Gasteiger partial charge on any atom is -0.396 e. The van der Waals surface area contributed by atoms with Crippen LogP contribution in [0.3, 0.4) is 0 Å². The summed E-state index contributed by atoms with van der Waals surface area (Å²) < 4.78 is 24.7. The Kier molecular flexibility index (Phi) is 1.76. The van der Waals surface area contributed by atoms with Crippen LogP contribution in [0.2, 0.25) is 5.02 Å². The van der Waals surface area contributed by atoms with Crippen LogP contribution in [0.25, 0.3) is 0 Å². The summed E-state index contributed by atoms with van der Waals surface area (Å²) in [6, 6.07) is 1.68. The average Bonchev–Trinajstić information content (AvgIpc) is 1.84. The number of rotatable bonds is 0. The Morgan fingerprint density at radius 3 is 2.30 bits per heavy atom. The quantitative estimate of drug-likeness (QED) is 0.461. The lowest BCUT2D eigenvalue weighted by atomic mass is 10.3. The zero-order chi connectivity index (χ0) is 7.72. The van der Waals surface area contributed by atoms with E-state index in [1.807, 2.05) is 0 Å². The van der Waals surface area contributed by atoms with E-state index in [2.05, 4.69) is 0 Å². The predicted molar refractivity (Wildman–Crippen MR) is 35.8 cm³/mol. The molecule has 0 spiro atoms. The fourth-order valence-electron chi connectivity index (χ4n) is 0.538. The molecule has 0 bridgehead atoms. The van der Waals surface area contributed by atoms with E-state index in [0.717, 1.165) is 6.07 Å². The third-order valence-corrected chi connectivity index (χ3v) is 1.33. The molecule has 1 nitrogen and oxygen atoms in total. The Morgan fingerprint density at radius 1 is 1.20 bits per heavy atom. The van der Waals surface area contributed by atoms with E-state index in [1.165, 1.54) is 0 Å². The molecule has 1 aromatic rings. The average molecular weight is 164 g/mol. The van der Waals surface area contributed by atoms with Gasteiger partial charge in [-0.1, -0.05) is 11.6 Å². The molecule has 0 unspecified atom stereocenters. The standard InChI is InChI=1S/C6H4ClF2N/c7-3-1-6(10)5(9)2-4(3)8/h1-2H,10H2. The first-order valence-corrected chi connectivity index (χ1v) is 2.89. The summed E-state index contributed by atoms with van der Waals surface area (Å²) in [5.74, 6) is -1.59. The third kappa shape index (κ3) is 1.19. The highest BCUT2D eigenvalue weighted by Crippen LogP contribution is 2.20. The van der Waals surface area contributed by atoms with Gasteiger partial charge in [-0.15, -0.1) is 0 Å². The lowest BCUT2D eigenvalue weighted by Gasteiger charge is -1.96. The van der Waals surface area contributed by atoms with Gasteiger partial charge in [0.05, 0.1) is 10.7 Å². The van der Waals surface area contributed by atoms with Crippen LogP contribution in [0.1, 0.15) is 0 Å². The smallest absolute Gasteiger partial charge is 0.149 e. The SMILES string of the molecule is Nc1cc(Cl)c(F)cc1F. The molecule has 2 N–H and O–H groups in total. The van der Waals surface area contributed by atoms with Crippen molar-refractivity contribution in [3.05, 3.63) is 28.8 Å². The molecule has 4 heteroatoms. The van der Waals surface area contributed by atoms with Crippen LogP contribution < -0.4 is 5.73 Å². The van der Waals surface area contributed by atoms with E-state index in [-0.39, 0.29) is 10.7 Å².